The van der Waals surface area contributed by atoms with Crippen molar-refractivity contribution in [3.8, 4) is 6.01 Å². The average molecular weight is 423 g/mol. The molecule has 0 aromatic carbocycles. The normalized spacial score (nSPS) is 15.8. The van der Waals surface area contributed by atoms with E-state index in [1.165, 1.54) is 6.04 Å². The van der Waals surface area contributed by atoms with Gasteiger partial charge in [-0.25, -0.2) is 9.97 Å². The van der Waals surface area contributed by atoms with Crippen molar-refractivity contribution in [1.29, 1.82) is 0 Å². The van der Waals surface area contributed by atoms with Gasteiger partial charge in [-0.05, 0) is 20.0 Å². The first kappa shape index (κ1) is 23.6. The fraction of sp³-hybridized carbons (Fsp3) is 0.700. The highest BCUT2D eigenvalue weighted by atomic mass is 28.3. The molecule has 1 saturated heterocycles. The molecule has 1 N–H and O–H groups in total. The SMILES string of the molecule is Cc1cn(COCC[Si](C)(C)C)c(OCCN2CCN(C)CC2)n1.c1c[nH]cn1. The Balaban J connectivity index is 0.000000521. The maximum atomic E-state index is 5.91. The van der Waals surface area contributed by atoms with Gasteiger partial charge >= 0.3 is 0 Å². The number of aromatic amines is 1. The summed E-state index contributed by atoms with van der Waals surface area (Å²) in [5.74, 6) is 0. The van der Waals surface area contributed by atoms with E-state index >= 15 is 0 Å². The Bertz CT molecular complexity index is 646. The van der Waals surface area contributed by atoms with Gasteiger partial charge in [0.2, 0.25) is 0 Å². The second-order valence-electron chi connectivity index (χ2n) is 8.74. The van der Waals surface area contributed by atoms with Crippen molar-refractivity contribution in [2.75, 3.05) is 53.0 Å². The molecule has 1 fully saturated rings. The predicted octanol–water partition coefficient (Wildman–Crippen LogP) is 2.54. The lowest BCUT2D eigenvalue weighted by Crippen LogP contribution is -2.45. The molecule has 0 unspecified atom stereocenters. The van der Waals surface area contributed by atoms with Crippen LogP contribution in [0.4, 0.5) is 0 Å². The van der Waals surface area contributed by atoms with Crippen molar-refractivity contribution in [3.63, 3.8) is 0 Å². The first-order valence-electron chi connectivity index (χ1n) is 10.4. The largest absolute Gasteiger partial charge is 0.463 e. The zero-order valence-corrected chi connectivity index (χ0v) is 19.7. The standard InChI is InChI=1S/C17H34N4O2Si.C3H4N2/c1-16-14-21(15-22-12-13-24(3,4)5)17(18-16)23-11-10-20-8-6-19(2)7-9-20;1-2-5-3-4-1/h14H,6-13,15H2,1-5H3;1-3H,(H,4,5). The maximum absolute atomic E-state index is 5.91. The van der Waals surface area contributed by atoms with Gasteiger partial charge in [0.15, 0.2) is 0 Å². The molecule has 9 heteroatoms. The molecular weight excluding hydrogens is 384 g/mol. The number of imidazole rings is 2. The highest BCUT2D eigenvalue weighted by Gasteiger charge is 2.15. The van der Waals surface area contributed by atoms with E-state index in [-0.39, 0.29) is 0 Å². The second kappa shape index (κ2) is 12.1. The number of hydrogen-bond donors (Lipinski definition) is 1. The van der Waals surface area contributed by atoms with Crippen LogP contribution in [0.15, 0.2) is 24.9 Å². The van der Waals surface area contributed by atoms with Crippen molar-refractivity contribution in [1.82, 2.24) is 29.3 Å². The highest BCUT2D eigenvalue weighted by molar-refractivity contribution is 6.76. The molecule has 164 valence electrons. The van der Waals surface area contributed by atoms with Gasteiger partial charge in [0, 0.05) is 66.0 Å². The van der Waals surface area contributed by atoms with E-state index in [1.54, 1.807) is 18.7 Å². The Hall–Kier alpha value is -1.68. The Morgan fingerprint density at radius 3 is 2.48 bits per heavy atom. The minimum Gasteiger partial charge on any atom is -0.463 e. The molecule has 2 aromatic heterocycles. The fourth-order valence-corrected chi connectivity index (χ4v) is 3.58. The van der Waals surface area contributed by atoms with E-state index in [1.807, 2.05) is 17.7 Å². The number of hydrogen-bond acceptors (Lipinski definition) is 6. The van der Waals surface area contributed by atoms with Gasteiger partial charge in [-0.15, -0.1) is 0 Å². The summed E-state index contributed by atoms with van der Waals surface area (Å²) in [6.45, 7) is 16.6. The lowest BCUT2D eigenvalue weighted by atomic mass is 10.3. The van der Waals surface area contributed by atoms with E-state index in [2.05, 4.69) is 51.4 Å². The molecule has 1 aliphatic heterocycles. The van der Waals surface area contributed by atoms with Crippen LogP contribution >= 0.6 is 0 Å². The van der Waals surface area contributed by atoms with Crippen LogP contribution < -0.4 is 4.74 Å². The van der Waals surface area contributed by atoms with Gasteiger partial charge in [-0.1, -0.05) is 19.6 Å². The van der Waals surface area contributed by atoms with Crippen molar-refractivity contribution in [2.24, 2.45) is 0 Å². The lowest BCUT2D eigenvalue weighted by molar-refractivity contribution is 0.0758. The minimum absolute atomic E-state index is 0.523. The van der Waals surface area contributed by atoms with Crippen LogP contribution in [0.5, 0.6) is 6.01 Å². The molecule has 0 spiro atoms. The molecule has 2 aromatic rings. The Morgan fingerprint density at radius 1 is 1.14 bits per heavy atom. The molecule has 0 radical (unpaired) electrons. The summed E-state index contributed by atoms with van der Waals surface area (Å²) in [4.78, 5) is 15.7. The Morgan fingerprint density at radius 2 is 1.90 bits per heavy atom. The molecule has 29 heavy (non-hydrogen) atoms. The van der Waals surface area contributed by atoms with Gasteiger partial charge in [0.05, 0.1) is 12.0 Å². The smallest absolute Gasteiger partial charge is 0.298 e. The minimum atomic E-state index is -1.04. The first-order valence-corrected chi connectivity index (χ1v) is 14.1. The van der Waals surface area contributed by atoms with Crippen molar-refractivity contribution in [3.05, 3.63) is 30.6 Å². The summed E-state index contributed by atoms with van der Waals surface area (Å²) in [5, 5.41) is 0. The van der Waals surface area contributed by atoms with Gasteiger partial charge in [0.25, 0.3) is 6.01 Å². The summed E-state index contributed by atoms with van der Waals surface area (Å²) >= 11 is 0. The van der Waals surface area contributed by atoms with Crippen LogP contribution in [0.2, 0.25) is 25.7 Å². The summed E-state index contributed by atoms with van der Waals surface area (Å²) in [5.41, 5.74) is 0.971. The highest BCUT2D eigenvalue weighted by Crippen LogP contribution is 2.13. The summed E-state index contributed by atoms with van der Waals surface area (Å²) in [6, 6.07) is 1.86. The maximum Gasteiger partial charge on any atom is 0.298 e. The van der Waals surface area contributed by atoms with Crippen LogP contribution in [-0.4, -0.2) is 90.4 Å². The van der Waals surface area contributed by atoms with Gasteiger partial charge in [-0.2, -0.15) is 0 Å². The number of H-pyrrole nitrogens is 1. The molecule has 0 amide bonds. The molecule has 0 aliphatic carbocycles. The van der Waals surface area contributed by atoms with Gasteiger partial charge < -0.3 is 19.4 Å². The zero-order valence-electron chi connectivity index (χ0n) is 18.7. The molecule has 0 bridgehead atoms. The number of aryl methyl sites for hydroxylation is 1. The molecule has 1 aliphatic rings. The number of aromatic nitrogens is 4. The average Bonchev–Trinajstić information content (AvgIpc) is 3.33. The quantitative estimate of drug-likeness (QED) is 0.495. The van der Waals surface area contributed by atoms with E-state index < -0.39 is 8.07 Å². The van der Waals surface area contributed by atoms with Gasteiger partial charge in [-0.3, -0.25) is 9.47 Å². The third-order valence-electron chi connectivity index (χ3n) is 4.73. The van der Waals surface area contributed by atoms with E-state index in [0.717, 1.165) is 45.0 Å². The summed E-state index contributed by atoms with van der Waals surface area (Å²) in [7, 11) is 1.14. The molecule has 0 saturated carbocycles. The summed E-state index contributed by atoms with van der Waals surface area (Å²) < 4.78 is 13.7. The summed E-state index contributed by atoms with van der Waals surface area (Å²) in [6.07, 6.45) is 7.08. The van der Waals surface area contributed by atoms with Crippen LogP contribution in [0.1, 0.15) is 5.69 Å². The zero-order chi connectivity index (χ0) is 21.1. The number of nitrogens with zero attached hydrogens (tertiary/aromatic N) is 5. The molecule has 3 heterocycles. The van der Waals surface area contributed by atoms with Crippen molar-refractivity contribution in [2.45, 2.75) is 39.3 Å². The lowest BCUT2D eigenvalue weighted by Gasteiger charge is -2.32. The van der Waals surface area contributed by atoms with Gasteiger partial charge in [0.1, 0.15) is 13.3 Å². The van der Waals surface area contributed by atoms with E-state index in [9.17, 15) is 0 Å². The number of nitrogens with one attached hydrogen (secondary N) is 1. The Kier molecular flexibility index (Phi) is 9.85. The Labute approximate surface area is 176 Å². The first-order chi connectivity index (χ1) is 13.8. The predicted molar refractivity (Wildman–Crippen MR) is 119 cm³/mol. The number of piperazine rings is 1. The third kappa shape index (κ3) is 10.1. The topological polar surface area (TPSA) is 71.4 Å². The molecule has 8 nitrogen and oxygen atoms in total. The van der Waals surface area contributed by atoms with E-state index in [0.29, 0.717) is 19.3 Å². The van der Waals surface area contributed by atoms with Crippen LogP contribution in [0.25, 0.3) is 0 Å². The van der Waals surface area contributed by atoms with Crippen LogP contribution in [0, 0.1) is 6.92 Å². The van der Waals surface area contributed by atoms with Crippen molar-refractivity contribution < 1.29 is 9.47 Å². The van der Waals surface area contributed by atoms with Crippen molar-refractivity contribution >= 4 is 8.07 Å². The second-order valence-corrected chi connectivity index (χ2v) is 14.4. The van der Waals surface area contributed by atoms with Crippen LogP contribution in [0.3, 0.4) is 0 Å². The molecule has 0 atom stereocenters. The molecule has 3 rings (SSSR count). The number of likely N-dealkylation sites (N-methyl/N-ethyl adjacent to an activating group) is 1. The fourth-order valence-electron chi connectivity index (χ4n) is 2.83. The molecular formula is C20H38N6O2Si. The van der Waals surface area contributed by atoms with E-state index in [4.69, 9.17) is 9.47 Å². The monoisotopic (exact) mass is 422 g/mol. The van der Waals surface area contributed by atoms with Crippen LogP contribution in [-0.2, 0) is 11.5 Å². The number of rotatable bonds is 9. The number of ether oxygens (including phenoxy) is 2. The third-order valence-corrected chi connectivity index (χ3v) is 6.43.